The number of halogens is 3. The molecule has 8 heteroatoms. The molecule has 0 bridgehead atoms. The Morgan fingerprint density at radius 1 is 0.667 bits per heavy atom. The van der Waals surface area contributed by atoms with Gasteiger partial charge in [0.1, 0.15) is 0 Å². The maximum Gasteiger partial charge on any atom is 0.524 e. The Bertz CT molecular complexity index is 1140. The van der Waals surface area contributed by atoms with Crippen LogP contribution in [0.4, 0.5) is 0 Å². The van der Waals surface area contributed by atoms with Gasteiger partial charge in [-0.15, -0.1) is 0 Å². The van der Waals surface area contributed by atoms with Crippen LogP contribution in [0, 0.1) is 0 Å². The summed E-state index contributed by atoms with van der Waals surface area (Å²) in [6.45, 7) is 0. The van der Waals surface area contributed by atoms with Crippen molar-refractivity contribution in [3.8, 4) is 5.75 Å². The van der Waals surface area contributed by atoms with Crippen LogP contribution in [-0.2, 0) is 4.57 Å². The molecule has 0 fully saturated rings. The van der Waals surface area contributed by atoms with Gasteiger partial charge in [-0.05, 0) is 65.0 Å². The van der Waals surface area contributed by atoms with Crippen molar-refractivity contribution in [2.75, 3.05) is 0 Å². The Kier molecular flexibility index (Phi) is 7.91. The Hall–Kier alpha value is -1.47. The fraction of sp³-hybridized carbons (Fsp3) is 0. The van der Waals surface area contributed by atoms with E-state index in [0.29, 0.717) is 24.5 Å². The summed E-state index contributed by atoms with van der Waals surface area (Å²) in [5.41, 5.74) is 3.13. The summed E-state index contributed by atoms with van der Waals surface area (Å²) in [6.07, 6.45) is 7.41. The lowest BCUT2D eigenvalue weighted by molar-refractivity contribution is 0.282. The lowest BCUT2D eigenvalue weighted by Gasteiger charge is -2.17. The van der Waals surface area contributed by atoms with E-state index in [1.54, 1.807) is 6.08 Å². The van der Waals surface area contributed by atoms with Crippen molar-refractivity contribution >= 4 is 79.9 Å². The highest BCUT2D eigenvalue weighted by molar-refractivity contribution is 9.14. The maximum atomic E-state index is 11.6. The van der Waals surface area contributed by atoms with Crippen LogP contribution in [0.1, 0.15) is 22.3 Å². The fourth-order valence-corrected chi connectivity index (χ4v) is 4.95. The molecule has 30 heavy (non-hydrogen) atoms. The zero-order valence-corrected chi connectivity index (χ0v) is 21.0. The number of benzene rings is 3. The highest BCUT2D eigenvalue weighted by Crippen LogP contribution is 2.50. The lowest BCUT2D eigenvalue weighted by atomic mass is 10.0. The second-order valence-electron chi connectivity index (χ2n) is 6.17. The summed E-state index contributed by atoms with van der Waals surface area (Å²) in [7, 11) is -4.79. The monoisotopic (exact) mass is 612 g/mol. The van der Waals surface area contributed by atoms with Gasteiger partial charge in [0, 0.05) is 15.6 Å². The van der Waals surface area contributed by atoms with Gasteiger partial charge >= 0.3 is 7.82 Å². The van der Waals surface area contributed by atoms with E-state index in [1.807, 2.05) is 78.9 Å². The number of phosphoric acid groups is 1. The summed E-state index contributed by atoms with van der Waals surface area (Å²) in [5, 5.41) is 0. The molecular weight excluding hydrogens is 599 g/mol. The zero-order valence-electron chi connectivity index (χ0n) is 15.4. The van der Waals surface area contributed by atoms with Crippen LogP contribution in [-0.4, -0.2) is 9.79 Å². The molecule has 0 spiro atoms. The molecule has 0 aliphatic carbocycles. The van der Waals surface area contributed by atoms with E-state index in [2.05, 4.69) is 47.8 Å². The first-order valence-corrected chi connectivity index (χ1v) is 12.6. The Morgan fingerprint density at radius 2 is 1.13 bits per heavy atom. The van der Waals surface area contributed by atoms with Crippen LogP contribution in [0.25, 0.3) is 24.3 Å². The summed E-state index contributed by atoms with van der Waals surface area (Å²) in [4.78, 5) is 18.9. The molecule has 3 aromatic carbocycles. The molecule has 0 saturated carbocycles. The normalized spacial score (nSPS) is 12.0. The van der Waals surface area contributed by atoms with Crippen LogP contribution < -0.4 is 4.52 Å². The van der Waals surface area contributed by atoms with Gasteiger partial charge in [-0.2, -0.15) is 0 Å². The molecule has 0 aliphatic rings. The second kappa shape index (κ2) is 10.2. The van der Waals surface area contributed by atoms with Crippen molar-refractivity contribution in [3.63, 3.8) is 0 Å². The predicted molar refractivity (Wildman–Crippen MR) is 133 cm³/mol. The molecule has 0 heterocycles. The minimum Gasteiger partial charge on any atom is -0.402 e. The average molecular weight is 615 g/mol. The molecule has 0 amide bonds. The van der Waals surface area contributed by atoms with Crippen LogP contribution in [0.3, 0.4) is 0 Å². The minimum absolute atomic E-state index is 0.0401. The molecule has 154 valence electrons. The van der Waals surface area contributed by atoms with E-state index in [9.17, 15) is 14.4 Å². The molecule has 0 aliphatic heterocycles. The van der Waals surface area contributed by atoms with E-state index in [0.717, 1.165) is 11.1 Å². The van der Waals surface area contributed by atoms with E-state index >= 15 is 0 Å². The molecular formula is C22H16Br3O4P. The van der Waals surface area contributed by atoms with E-state index < -0.39 is 7.82 Å². The van der Waals surface area contributed by atoms with E-state index in [-0.39, 0.29) is 5.75 Å². The third kappa shape index (κ3) is 6.03. The minimum atomic E-state index is -4.79. The summed E-state index contributed by atoms with van der Waals surface area (Å²) in [5.74, 6) is 0.0401. The number of hydrogen-bond acceptors (Lipinski definition) is 2. The molecule has 2 N–H and O–H groups in total. The van der Waals surface area contributed by atoms with Crippen molar-refractivity contribution in [2.45, 2.75) is 0 Å². The molecule has 0 radical (unpaired) electrons. The molecule has 3 aromatic rings. The molecule has 3 rings (SSSR count). The van der Waals surface area contributed by atoms with Crippen molar-refractivity contribution in [1.82, 2.24) is 0 Å². The lowest BCUT2D eigenvalue weighted by Crippen LogP contribution is -1.98. The Balaban J connectivity index is 2.21. The van der Waals surface area contributed by atoms with Crippen LogP contribution >= 0.6 is 55.6 Å². The number of hydrogen-bond donors (Lipinski definition) is 2. The molecule has 4 nitrogen and oxygen atoms in total. The van der Waals surface area contributed by atoms with E-state index in [4.69, 9.17) is 4.52 Å². The van der Waals surface area contributed by atoms with Crippen molar-refractivity contribution < 1.29 is 18.9 Å². The van der Waals surface area contributed by atoms with Gasteiger partial charge in [0.2, 0.25) is 0 Å². The third-order valence-electron chi connectivity index (χ3n) is 4.05. The van der Waals surface area contributed by atoms with Gasteiger partial charge in [0.25, 0.3) is 0 Å². The SMILES string of the molecule is O=P(O)(O)Oc1c(Br)c(Br)c(Br)c(C=Cc2ccccc2)c1C=Cc1ccccc1. The van der Waals surface area contributed by atoms with Crippen molar-refractivity contribution in [3.05, 3.63) is 96.3 Å². The average Bonchev–Trinajstić information content (AvgIpc) is 2.73. The fourth-order valence-electron chi connectivity index (χ4n) is 2.70. The smallest absolute Gasteiger partial charge is 0.402 e. The predicted octanol–water partition coefficient (Wildman–Crippen LogP) is 7.79. The first-order valence-electron chi connectivity index (χ1n) is 8.68. The second-order valence-corrected chi connectivity index (χ2v) is 9.71. The quantitative estimate of drug-likeness (QED) is 0.169. The number of phosphoric ester groups is 1. The van der Waals surface area contributed by atoms with Gasteiger partial charge in [-0.1, -0.05) is 78.9 Å². The van der Waals surface area contributed by atoms with Gasteiger partial charge in [-0.3, -0.25) is 9.79 Å². The topological polar surface area (TPSA) is 66.8 Å². The third-order valence-corrected chi connectivity index (χ3v) is 7.91. The first-order chi connectivity index (χ1) is 14.3. The van der Waals surface area contributed by atoms with Crippen LogP contribution in [0.2, 0.25) is 0 Å². The molecule has 0 saturated heterocycles. The zero-order chi connectivity index (χ0) is 21.7. The Labute approximate surface area is 199 Å². The molecule has 0 unspecified atom stereocenters. The standard InChI is InChI=1S/C22H16Br3O4P/c23-19-17(13-11-15-7-3-1-4-8-15)18(14-12-16-9-5-2-6-10-16)22(21(25)20(19)24)29-30(26,27)28/h1-14H,(H2,26,27,28). The summed E-state index contributed by atoms with van der Waals surface area (Å²) in [6, 6.07) is 19.3. The van der Waals surface area contributed by atoms with Crippen LogP contribution in [0.5, 0.6) is 5.75 Å². The largest absolute Gasteiger partial charge is 0.524 e. The van der Waals surface area contributed by atoms with Gasteiger partial charge in [0.05, 0.1) is 8.95 Å². The first kappa shape index (κ1) is 23.2. The molecule has 0 aromatic heterocycles. The highest BCUT2D eigenvalue weighted by atomic mass is 79.9. The highest BCUT2D eigenvalue weighted by Gasteiger charge is 2.25. The molecule has 0 atom stereocenters. The van der Waals surface area contributed by atoms with Gasteiger partial charge < -0.3 is 4.52 Å². The Morgan fingerprint density at radius 3 is 1.60 bits per heavy atom. The van der Waals surface area contributed by atoms with Gasteiger partial charge in [-0.25, -0.2) is 4.57 Å². The maximum absolute atomic E-state index is 11.6. The van der Waals surface area contributed by atoms with Crippen molar-refractivity contribution in [2.24, 2.45) is 0 Å². The number of rotatable bonds is 6. The summed E-state index contributed by atoms with van der Waals surface area (Å²) >= 11 is 10.4. The van der Waals surface area contributed by atoms with E-state index in [1.165, 1.54) is 0 Å². The summed E-state index contributed by atoms with van der Waals surface area (Å²) < 4.78 is 18.4. The van der Waals surface area contributed by atoms with Gasteiger partial charge in [0.15, 0.2) is 5.75 Å². The van der Waals surface area contributed by atoms with Crippen molar-refractivity contribution in [1.29, 1.82) is 0 Å². The van der Waals surface area contributed by atoms with Crippen LogP contribution in [0.15, 0.2) is 74.1 Å².